The fourth-order valence-corrected chi connectivity index (χ4v) is 2.22. The van der Waals surface area contributed by atoms with Gasteiger partial charge in [0.25, 0.3) is 0 Å². The molecule has 0 bridgehead atoms. The summed E-state index contributed by atoms with van der Waals surface area (Å²) in [4.78, 5) is 0. The molecular weight excluding hydrogens is 212 g/mol. The Morgan fingerprint density at radius 1 is 1.24 bits per heavy atom. The first-order chi connectivity index (χ1) is 7.74. The fourth-order valence-electron chi connectivity index (χ4n) is 2.22. The molecule has 0 radical (unpaired) electrons. The first-order valence-corrected chi connectivity index (χ1v) is 6.08. The molecule has 1 aromatic carbocycles. The zero-order valence-electron chi connectivity index (χ0n) is 11.8. The lowest BCUT2D eigenvalue weighted by molar-refractivity contribution is 0.119. The molecule has 1 atom stereocenters. The van der Waals surface area contributed by atoms with Crippen molar-refractivity contribution in [2.45, 2.75) is 47.1 Å². The summed E-state index contributed by atoms with van der Waals surface area (Å²) in [6.07, 6.45) is 0.262. The van der Waals surface area contributed by atoms with E-state index >= 15 is 0 Å². The lowest BCUT2D eigenvalue weighted by Crippen LogP contribution is -2.13. The second-order valence-electron chi connectivity index (χ2n) is 5.98. The smallest absolute Gasteiger partial charge is 0.125 e. The summed E-state index contributed by atoms with van der Waals surface area (Å²) in [5, 5.41) is 10.4. The number of hydrogen-bond acceptors (Lipinski definition) is 2. The Balaban J connectivity index is 3.12. The lowest BCUT2D eigenvalue weighted by Gasteiger charge is -2.25. The average molecular weight is 236 g/mol. The van der Waals surface area contributed by atoms with E-state index < -0.39 is 6.10 Å². The monoisotopic (exact) mass is 236 g/mol. The quantitative estimate of drug-likeness (QED) is 0.865. The largest absolute Gasteiger partial charge is 0.496 e. The van der Waals surface area contributed by atoms with Gasteiger partial charge in [0.15, 0.2) is 0 Å². The molecule has 1 rings (SSSR count). The molecule has 2 nitrogen and oxygen atoms in total. The van der Waals surface area contributed by atoms with Crippen molar-refractivity contribution in [3.05, 3.63) is 28.8 Å². The van der Waals surface area contributed by atoms with Crippen LogP contribution in [0.15, 0.2) is 12.1 Å². The molecule has 0 aliphatic rings. The standard InChI is InChI=1S/C15H24O2/c1-10-7-11(2)14(13(8-10)17-6)12(16)9-15(3,4)5/h7-8,12,16H,9H2,1-6H3. The van der Waals surface area contributed by atoms with Crippen LogP contribution in [-0.4, -0.2) is 12.2 Å². The van der Waals surface area contributed by atoms with Crippen LogP contribution in [0, 0.1) is 19.3 Å². The summed E-state index contributed by atoms with van der Waals surface area (Å²) in [7, 11) is 1.65. The van der Waals surface area contributed by atoms with Crippen LogP contribution in [0.3, 0.4) is 0 Å². The molecule has 17 heavy (non-hydrogen) atoms. The Kier molecular flexibility index (Phi) is 4.21. The van der Waals surface area contributed by atoms with E-state index in [2.05, 4.69) is 26.8 Å². The van der Waals surface area contributed by atoms with Gasteiger partial charge >= 0.3 is 0 Å². The van der Waals surface area contributed by atoms with Crippen LogP contribution in [-0.2, 0) is 0 Å². The van der Waals surface area contributed by atoms with E-state index in [1.54, 1.807) is 7.11 Å². The summed E-state index contributed by atoms with van der Waals surface area (Å²) >= 11 is 0. The van der Waals surface area contributed by atoms with Crippen molar-refractivity contribution in [1.29, 1.82) is 0 Å². The maximum atomic E-state index is 10.4. The molecule has 0 saturated carbocycles. The molecule has 96 valence electrons. The van der Waals surface area contributed by atoms with Crippen molar-refractivity contribution in [2.75, 3.05) is 7.11 Å². The van der Waals surface area contributed by atoms with Crippen LogP contribution in [0.25, 0.3) is 0 Å². The van der Waals surface area contributed by atoms with E-state index in [9.17, 15) is 5.11 Å². The van der Waals surface area contributed by atoms with Crippen LogP contribution in [0.1, 0.15) is 50.0 Å². The van der Waals surface area contributed by atoms with Crippen molar-refractivity contribution in [1.82, 2.24) is 0 Å². The fraction of sp³-hybridized carbons (Fsp3) is 0.600. The van der Waals surface area contributed by atoms with Gasteiger partial charge in [-0.2, -0.15) is 0 Å². The van der Waals surface area contributed by atoms with Crippen molar-refractivity contribution >= 4 is 0 Å². The molecule has 0 aliphatic heterocycles. The summed E-state index contributed by atoms with van der Waals surface area (Å²) in [6.45, 7) is 10.5. The van der Waals surface area contributed by atoms with Gasteiger partial charge in [-0.05, 0) is 42.9 Å². The van der Waals surface area contributed by atoms with Crippen molar-refractivity contribution in [2.24, 2.45) is 5.41 Å². The molecular formula is C15H24O2. The number of hydrogen-bond donors (Lipinski definition) is 1. The van der Waals surface area contributed by atoms with E-state index in [0.29, 0.717) is 0 Å². The first kappa shape index (κ1) is 14.0. The molecule has 1 unspecified atom stereocenters. The zero-order valence-corrected chi connectivity index (χ0v) is 11.8. The highest BCUT2D eigenvalue weighted by Crippen LogP contribution is 2.36. The molecule has 0 fully saturated rings. The Labute approximate surface area is 105 Å². The van der Waals surface area contributed by atoms with Gasteiger partial charge in [-0.15, -0.1) is 0 Å². The molecule has 0 amide bonds. The van der Waals surface area contributed by atoms with Crippen molar-refractivity contribution < 1.29 is 9.84 Å². The highest BCUT2D eigenvalue weighted by atomic mass is 16.5. The first-order valence-electron chi connectivity index (χ1n) is 6.08. The number of aryl methyl sites for hydroxylation is 2. The van der Waals surface area contributed by atoms with Gasteiger partial charge < -0.3 is 9.84 Å². The van der Waals surface area contributed by atoms with E-state index in [1.807, 2.05) is 19.9 Å². The van der Waals surface area contributed by atoms with Gasteiger partial charge in [-0.3, -0.25) is 0 Å². The molecule has 1 N–H and O–H groups in total. The van der Waals surface area contributed by atoms with E-state index in [4.69, 9.17) is 4.74 Å². The molecule has 0 spiro atoms. The number of rotatable bonds is 3. The van der Waals surface area contributed by atoms with Crippen LogP contribution in [0.4, 0.5) is 0 Å². The van der Waals surface area contributed by atoms with Crippen LogP contribution in [0.2, 0.25) is 0 Å². The van der Waals surface area contributed by atoms with Gasteiger partial charge in [0.2, 0.25) is 0 Å². The third kappa shape index (κ3) is 3.74. The van der Waals surface area contributed by atoms with Crippen LogP contribution in [0.5, 0.6) is 5.75 Å². The van der Waals surface area contributed by atoms with Crippen molar-refractivity contribution in [3.8, 4) is 5.75 Å². The van der Waals surface area contributed by atoms with Crippen LogP contribution < -0.4 is 4.74 Å². The zero-order chi connectivity index (χ0) is 13.2. The number of aliphatic hydroxyl groups excluding tert-OH is 1. The Morgan fingerprint density at radius 2 is 1.82 bits per heavy atom. The highest BCUT2D eigenvalue weighted by Gasteiger charge is 2.22. The third-order valence-corrected chi connectivity index (χ3v) is 2.85. The predicted molar refractivity (Wildman–Crippen MR) is 71.5 cm³/mol. The third-order valence-electron chi connectivity index (χ3n) is 2.85. The van der Waals surface area contributed by atoms with Gasteiger partial charge in [-0.25, -0.2) is 0 Å². The van der Waals surface area contributed by atoms with Crippen molar-refractivity contribution in [3.63, 3.8) is 0 Å². The predicted octanol–water partition coefficient (Wildman–Crippen LogP) is 3.78. The van der Waals surface area contributed by atoms with E-state index in [0.717, 1.165) is 28.9 Å². The molecule has 0 saturated heterocycles. The number of aliphatic hydroxyl groups is 1. The summed E-state index contributed by atoms with van der Waals surface area (Å²) in [5.41, 5.74) is 3.28. The van der Waals surface area contributed by atoms with Gasteiger partial charge in [0, 0.05) is 5.56 Å². The SMILES string of the molecule is COc1cc(C)cc(C)c1C(O)CC(C)(C)C. The molecule has 1 aromatic rings. The minimum absolute atomic E-state index is 0.0990. The molecule has 0 aliphatic carbocycles. The van der Waals surface area contributed by atoms with Gasteiger partial charge in [-0.1, -0.05) is 26.8 Å². The Morgan fingerprint density at radius 3 is 2.29 bits per heavy atom. The minimum Gasteiger partial charge on any atom is -0.496 e. The summed E-state index contributed by atoms with van der Waals surface area (Å²) < 4.78 is 5.38. The topological polar surface area (TPSA) is 29.5 Å². The van der Waals surface area contributed by atoms with Gasteiger partial charge in [0.1, 0.15) is 5.75 Å². The molecule has 2 heteroatoms. The molecule has 0 aromatic heterocycles. The second-order valence-corrected chi connectivity index (χ2v) is 5.98. The highest BCUT2D eigenvalue weighted by molar-refractivity contribution is 5.44. The minimum atomic E-state index is -0.467. The van der Waals surface area contributed by atoms with E-state index in [1.165, 1.54) is 0 Å². The average Bonchev–Trinajstić information content (AvgIpc) is 2.12. The summed E-state index contributed by atoms with van der Waals surface area (Å²) in [6, 6.07) is 4.07. The normalized spacial score (nSPS) is 13.6. The Bertz CT molecular complexity index is 389. The number of benzene rings is 1. The summed E-state index contributed by atoms with van der Waals surface area (Å²) in [5.74, 6) is 0.791. The number of ether oxygens (including phenoxy) is 1. The number of methoxy groups -OCH3 is 1. The maximum Gasteiger partial charge on any atom is 0.125 e. The lowest BCUT2D eigenvalue weighted by atomic mass is 9.85. The van der Waals surface area contributed by atoms with E-state index in [-0.39, 0.29) is 5.41 Å². The maximum absolute atomic E-state index is 10.4. The van der Waals surface area contributed by atoms with Gasteiger partial charge in [0.05, 0.1) is 13.2 Å². The second kappa shape index (κ2) is 5.09. The van der Waals surface area contributed by atoms with Crippen LogP contribution >= 0.6 is 0 Å². The molecule has 0 heterocycles. The Hall–Kier alpha value is -1.02.